The molecule has 1 aliphatic heterocycles. The number of carbonyl (C=O) groups is 1. The zero-order valence-corrected chi connectivity index (χ0v) is 9.07. The summed E-state index contributed by atoms with van der Waals surface area (Å²) in [6.45, 7) is 5.56. The lowest BCUT2D eigenvalue weighted by molar-refractivity contribution is -0.162. The Morgan fingerprint density at radius 1 is 1.36 bits per heavy atom. The summed E-state index contributed by atoms with van der Waals surface area (Å²) in [5.41, 5.74) is 0. The van der Waals surface area contributed by atoms with Gasteiger partial charge in [-0.15, -0.1) is 0 Å². The van der Waals surface area contributed by atoms with Crippen LogP contribution in [-0.2, 0) is 4.79 Å². The van der Waals surface area contributed by atoms with E-state index in [-0.39, 0.29) is 12.6 Å². The third-order valence-electron chi connectivity index (χ3n) is 2.41. The minimum Gasteiger partial charge on any atom is -0.379 e. The standard InChI is InChI=1S/C10H20N2O2/c1-9(2)7-10(14)12-6-4-3-5-11(12)8-13/h9,13H,3-8H2,1-2H3. The van der Waals surface area contributed by atoms with Crippen molar-refractivity contribution in [3.8, 4) is 0 Å². The van der Waals surface area contributed by atoms with Gasteiger partial charge in [0.2, 0.25) is 5.91 Å². The molecule has 82 valence electrons. The van der Waals surface area contributed by atoms with Gasteiger partial charge in [0.15, 0.2) is 0 Å². The average molecular weight is 200 g/mol. The second-order valence-corrected chi connectivity index (χ2v) is 4.19. The Bertz CT molecular complexity index is 195. The molecule has 1 heterocycles. The molecule has 0 aromatic heterocycles. The molecule has 1 amide bonds. The highest BCUT2D eigenvalue weighted by atomic mass is 16.3. The van der Waals surface area contributed by atoms with Gasteiger partial charge in [0.25, 0.3) is 0 Å². The first-order valence-corrected chi connectivity index (χ1v) is 5.31. The molecule has 0 aliphatic carbocycles. The molecule has 0 saturated carbocycles. The summed E-state index contributed by atoms with van der Waals surface area (Å²) in [5, 5.41) is 12.5. The van der Waals surface area contributed by atoms with E-state index in [1.54, 1.807) is 10.0 Å². The Kier molecular flexibility index (Phi) is 4.35. The van der Waals surface area contributed by atoms with Crippen LogP contribution in [0, 0.1) is 5.92 Å². The topological polar surface area (TPSA) is 43.8 Å². The smallest absolute Gasteiger partial charge is 0.237 e. The lowest BCUT2D eigenvalue weighted by atomic mass is 10.1. The van der Waals surface area contributed by atoms with Crippen molar-refractivity contribution in [3.63, 3.8) is 0 Å². The van der Waals surface area contributed by atoms with Crippen LogP contribution in [0.2, 0.25) is 0 Å². The van der Waals surface area contributed by atoms with Gasteiger partial charge in [0, 0.05) is 19.5 Å². The fourth-order valence-electron chi connectivity index (χ4n) is 1.70. The summed E-state index contributed by atoms with van der Waals surface area (Å²) in [7, 11) is 0. The van der Waals surface area contributed by atoms with Crippen LogP contribution in [0.25, 0.3) is 0 Å². The monoisotopic (exact) mass is 200 g/mol. The Morgan fingerprint density at radius 3 is 2.57 bits per heavy atom. The molecule has 14 heavy (non-hydrogen) atoms. The van der Waals surface area contributed by atoms with Gasteiger partial charge in [0.05, 0.1) is 0 Å². The lowest BCUT2D eigenvalue weighted by Crippen LogP contribution is -2.50. The van der Waals surface area contributed by atoms with Gasteiger partial charge in [-0.2, -0.15) is 5.01 Å². The molecule has 0 atom stereocenters. The van der Waals surface area contributed by atoms with Crippen LogP contribution in [0.1, 0.15) is 33.1 Å². The minimum absolute atomic E-state index is 0.0518. The van der Waals surface area contributed by atoms with E-state index >= 15 is 0 Å². The molecule has 1 aliphatic rings. The van der Waals surface area contributed by atoms with Crippen LogP contribution in [0.4, 0.5) is 0 Å². The van der Waals surface area contributed by atoms with E-state index < -0.39 is 0 Å². The highest BCUT2D eigenvalue weighted by Gasteiger charge is 2.23. The SMILES string of the molecule is CC(C)CC(=O)N1CCCCN1CO. The van der Waals surface area contributed by atoms with Crippen molar-refractivity contribution in [2.45, 2.75) is 33.1 Å². The minimum atomic E-state index is -0.0518. The van der Waals surface area contributed by atoms with Gasteiger partial charge in [-0.1, -0.05) is 13.8 Å². The van der Waals surface area contributed by atoms with Crippen molar-refractivity contribution in [2.24, 2.45) is 5.92 Å². The Morgan fingerprint density at radius 2 is 2.00 bits per heavy atom. The van der Waals surface area contributed by atoms with Crippen molar-refractivity contribution in [2.75, 3.05) is 19.8 Å². The number of hydrogen-bond donors (Lipinski definition) is 1. The van der Waals surface area contributed by atoms with Crippen LogP contribution in [0.5, 0.6) is 0 Å². The number of aliphatic hydroxyl groups excluding tert-OH is 1. The Labute approximate surface area is 85.5 Å². The summed E-state index contributed by atoms with van der Waals surface area (Å²) < 4.78 is 0. The fourth-order valence-corrected chi connectivity index (χ4v) is 1.70. The van der Waals surface area contributed by atoms with Gasteiger partial charge >= 0.3 is 0 Å². The first-order valence-electron chi connectivity index (χ1n) is 5.31. The number of aliphatic hydroxyl groups is 1. The van der Waals surface area contributed by atoms with Gasteiger partial charge in [-0.25, -0.2) is 0 Å². The predicted octanol–water partition coefficient (Wildman–Crippen LogP) is 0.822. The molecule has 0 radical (unpaired) electrons. The number of nitrogens with zero attached hydrogens (tertiary/aromatic N) is 2. The fraction of sp³-hybridized carbons (Fsp3) is 0.900. The maximum atomic E-state index is 11.8. The van der Waals surface area contributed by atoms with E-state index in [9.17, 15) is 4.79 Å². The molecule has 4 heteroatoms. The second-order valence-electron chi connectivity index (χ2n) is 4.19. The van der Waals surface area contributed by atoms with Gasteiger partial charge in [-0.3, -0.25) is 9.80 Å². The molecule has 0 unspecified atom stereocenters. The second kappa shape index (κ2) is 5.32. The molecule has 1 fully saturated rings. The van der Waals surface area contributed by atoms with Crippen molar-refractivity contribution >= 4 is 5.91 Å². The number of carbonyl (C=O) groups excluding carboxylic acids is 1. The summed E-state index contributed by atoms with van der Waals surface area (Å²) in [4.78, 5) is 11.8. The van der Waals surface area contributed by atoms with E-state index in [0.717, 1.165) is 25.9 Å². The van der Waals surface area contributed by atoms with Crippen LogP contribution in [-0.4, -0.2) is 40.9 Å². The van der Waals surface area contributed by atoms with E-state index in [4.69, 9.17) is 5.11 Å². The summed E-state index contributed by atoms with van der Waals surface area (Å²) in [6, 6.07) is 0. The van der Waals surface area contributed by atoms with Crippen LogP contribution < -0.4 is 0 Å². The van der Waals surface area contributed by atoms with Gasteiger partial charge in [0.1, 0.15) is 6.73 Å². The summed E-state index contributed by atoms with van der Waals surface area (Å²) in [5.74, 6) is 0.513. The zero-order chi connectivity index (χ0) is 10.6. The van der Waals surface area contributed by atoms with Crippen LogP contribution >= 0.6 is 0 Å². The normalized spacial score (nSPS) is 19.0. The number of hydrogen-bond acceptors (Lipinski definition) is 3. The van der Waals surface area contributed by atoms with Crippen molar-refractivity contribution in [1.82, 2.24) is 10.0 Å². The summed E-state index contributed by atoms with van der Waals surface area (Å²) >= 11 is 0. The van der Waals surface area contributed by atoms with Crippen molar-refractivity contribution < 1.29 is 9.90 Å². The number of hydrazine groups is 1. The molecular formula is C10H20N2O2. The Balaban J connectivity index is 2.50. The molecule has 0 aromatic carbocycles. The van der Waals surface area contributed by atoms with Crippen LogP contribution in [0.3, 0.4) is 0 Å². The largest absolute Gasteiger partial charge is 0.379 e. The van der Waals surface area contributed by atoms with E-state index in [1.807, 2.05) is 13.8 Å². The molecule has 1 N–H and O–H groups in total. The van der Waals surface area contributed by atoms with Gasteiger partial charge < -0.3 is 5.11 Å². The molecule has 1 saturated heterocycles. The highest BCUT2D eigenvalue weighted by molar-refractivity contribution is 5.75. The first-order chi connectivity index (χ1) is 6.65. The molecular weight excluding hydrogens is 180 g/mol. The van der Waals surface area contributed by atoms with Crippen LogP contribution in [0.15, 0.2) is 0 Å². The maximum Gasteiger partial charge on any atom is 0.237 e. The van der Waals surface area contributed by atoms with E-state index in [1.165, 1.54) is 0 Å². The predicted molar refractivity (Wildman–Crippen MR) is 54.2 cm³/mol. The molecule has 1 rings (SSSR count). The molecule has 0 spiro atoms. The highest BCUT2D eigenvalue weighted by Crippen LogP contribution is 2.13. The maximum absolute atomic E-state index is 11.8. The molecule has 0 aromatic rings. The Hall–Kier alpha value is -0.610. The average Bonchev–Trinajstić information content (AvgIpc) is 2.16. The number of rotatable bonds is 3. The van der Waals surface area contributed by atoms with E-state index in [0.29, 0.717) is 12.3 Å². The van der Waals surface area contributed by atoms with Crippen molar-refractivity contribution in [1.29, 1.82) is 0 Å². The summed E-state index contributed by atoms with van der Waals surface area (Å²) in [6.07, 6.45) is 2.67. The van der Waals surface area contributed by atoms with Gasteiger partial charge in [-0.05, 0) is 18.8 Å². The third-order valence-corrected chi connectivity index (χ3v) is 2.41. The molecule has 0 bridgehead atoms. The quantitative estimate of drug-likeness (QED) is 0.733. The third kappa shape index (κ3) is 2.96. The number of amides is 1. The molecule has 4 nitrogen and oxygen atoms in total. The first kappa shape index (κ1) is 11.5. The zero-order valence-electron chi connectivity index (χ0n) is 9.07. The van der Waals surface area contributed by atoms with E-state index in [2.05, 4.69) is 0 Å². The lowest BCUT2D eigenvalue weighted by Gasteiger charge is -2.37. The van der Waals surface area contributed by atoms with Crippen molar-refractivity contribution in [3.05, 3.63) is 0 Å².